The molecule has 4 rings (SSSR count). The summed E-state index contributed by atoms with van der Waals surface area (Å²) in [7, 11) is 0. The highest BCUT2D eigenvalue weighted by Gasteiger charge is 2.26. The van der Waals surface area contributed by atoms with Crippen molar-refractivity contribution >= 4 is 29.5 Å². The Morgan fingerprint density at radius 1 is 1.10 bits per heavy atom. The van der Waals surface area contributed by atoms with Crippen LogP contribution in [0.5, 0.6) is 0 Å². The average Bonchev–Trinajstić information content (AvgIpc) is 3.29. The lowest BCUT2D eigenvalue weighted by Crippen LogP contribution is -2.00. The van der Waals surface area contributed by atoms with Crippen LogP contribution in [0.1, 0.15) is 30.1 Å². The van der Waals surface area contributed by atoms with Gasteiger partial charge in [-0.25, -0.2) is 0 Å². The van der Waals surface area contributed by atoms with Crippen LogP contribution in [0.15, 0.2) is 48.1 Å². The third-order valence-electron chi connectivity index (χ3n) is 4.05. The molecule has 2 aromatic carbocycles. The van der Waals surface area contributed by atoms with E-state index >= 15 is 0 Å². The van der Waals surface area contributed by atoms with Crippen molar-refractivity contribution in [2.24, 2.45) is 0 Å². The SMILES string of the molecule is C=Cc1nnc(S)n1-c1ccc(C2CC2)c2ccccc12. The molecule has 0 bridgehead atoms. The molecule has 104 valence electrons. The maximum absolute atomic E-state index is 4.43. The molecule has 0 spiro atoms. The lowest BCUT2D eigenvalue weighted by Gasteiger charge is -2.13. The lowest BCUT2D eigenvalue weighted by atomic mass is 9.99. The van der Waals surface area contributed by atoms with Crippen LogP contribution >= 0.6 is 12.6 Å². The molecule has 0 aliphatic heterocycles. The Bertz CT molecular complexity index is 846. The fourth-order valence-electron chi connectivity index (χ4n) is 2.90. The predicted molar refractivity (Wildman–Crippen MR) is 88.2 cm³/mol. The molecule has 1 aliphatic carbocycles. The van der Waals surface area contributed by atoms with Gasteiger partial charge < -0.3 is 0 Å². The summed E-state index contributed by atoms with van der Waals surface area (Å²) in [6.07, 6.45) is 4.30. The average molecular weight is 293 g/mol. The number of fused-ring (bicyclic) bond motifs is 1. The maximum Gasteiger partial charge on any atom is 0.193 e. The van der Waals surface area contributed by atoms with Crippen molar-refractivity contribution in [2.45, 2.75) is 23.9 Å². The first-order valence-electron chi connectivity index (χ1n) is 7.08. The van der Waals surface area contributed by atoms with Gasteiger partial charge in [0.2, 0.25) is 0 Å². The zero-order valence-corrected chi connectivity index (χ0v) is 12.4. The molecular weight excluding hydrogens is 278 g/mol. The number of thiol groups is 1. The minimum atomic E-state index is 0.578. The molecule has 0 saturated heterocycles. The van der Waals surface area contributed by atoms with Crippen LogP contribution in [-0.4, -0.2) is 14.8 Å². The number of nitrogens with zero attached hydrogens (tertiary/aromatic N) is 3. The quantitative estimate of drug-likeness (QED) is 0.733. The van der Waals surface area contributed by atoms with Crippen molar-refractivity contribution in [3.8, 4) is 5.69 Å². The second-order valence-corrected chi connectivity index (χ2v) is 5.79. The van der Waals surface area contributed by atoms with Gasteiger partial charge in [0, 0.05) is 5.39 Å². The predicted octanol–water partition coefficient (Wildman–Crippen LogP) is 4.23. The fourth-order valence-corrected chi connectivity index (χ4v) is 3.16. The molecule has 4 heteroatoms. The van der Waals surface area contributed by atoms with Crippen LogP contribution in [0.25, 0.3) is 22.5 Å². The van der Waals surface area contributed by atoms with Gasteiger partial charge in [0.1, 0.15) is 0 Å². The third kappa shape index (κ3) is 1.98. The summed E-state index contributed by atoms with van der Waals surface area (Å²) in [5, 5.41) is 11.3. The van der Waals surface area contributed by atoms with Gasteiger partial charge in [-0.3, -0.25) is 4.57 Å². The minimum Gasteiger partial charge on any atom is -0.270 e. The number of hydrogen-bond donors (Lipinski definition) is 1. The van der Waals surface area contributed by atoms with E-state index in [1.54, 1.807) is 6.08 Å². The van der Waals surface area contributed by atoms with Crippen molar-refractivity contribution in [1.29, 1.82) is 0 Å². The highest BCUT2D eigenvalue weighted by atomic mass is 32.1. The minimum absolute atomic E-state index is 0.578. The Morgan fingerprint density at radius 3 is 2.57 bits per heavy atom. The van der Waals surface area contributed by atoms with Crippen LogP contribution in [0, 0.1) is 0 Å². The lowest BCUT2D eigenvalue weighted by molar-refractivity contribution is 0.892. The molecule has 0 amide bonds. The van der Waals surface area contributed by atoms with Crippen LogP contribution in [0.2, 0.25) is 0 Å². The highest BCUT2D eigenvalue weighted by Crippen LogP contribution is 2.44. The Labute approximate surface area is 128 Å². The van der Waals surface area contributed by atoms with E-state index in [1.807, 2.05) is 4.57 Å². The third-order valence-corrected chi connectivity index (χ3v) is 4.34. The first kappa shape index (κ1) is 12.7. The van der Waals surface area contributed by atoms with Gasteiger partial charge in [-0.1, -0.05) is 36.9 Å². The fraction of sp³-hybridized carbons (Fsp3) is 0.176. The molecule has 21 heavy (non-hydrogen) atoms. The largest absolute Gasteiger partial charge is 0.270 e. The summed E-state index contributed by atoms with van der Waals surface area (Å²) in [5.41, 5.74) is 2.50. The molecule has 0 atom stereocenters. The van der Waals surface area contributed by atoms with Gasteiger partial charge in [0.15, 0.2) is 11.0 Å². The van der Waals surface area contributed by atoms with Gasteiger partial charge >= 0.3 is 0 Å². The van der Waals surface area contributed by atoms with E-state index in [0.29, 0.717) is 11.0 Å². The van der Waals surface area contributed by atoms with Gasteiger partial charge in [-0.2, -0.15) is 0 Å². The molecule has 1 heterocycles. The van der Waals surface area contributed by atoms with Gasteiger partial charge in [-0.15, -0.1) is 22.8 Å². The molecule has 1 fully saturated rings. The molecule has 3 nitrogen and oxygen atoms in total. The topological polar surface area (TPSA) is 30.7 Å². The molecular formula is C17H15N3S. The number of aromatic nitrogens is 3. The standard InChI is InChI=1S/C17H15N3S/c1-2-16-18-19-17(21)20(16)15-10-9-12(11-7-8-11)13-5-3-4-6-14(13)15/h2-6,9-11H,1,7-8H2,(H,19,21). The van der Waals surface area contributed by atoms with Crippen LogP contribution < -0.4 is 0 Å². The molecule has 0 N–H and O–H groups in total. The number of hydrogen-bond acceptors (Lipinski definition) is 3. The summed E-state index contributed by atoms with van der Waals surface area (Å²) in [6.45, 7) is 3.81. The molecule has 3 aromatic rings. The summed E-state index contributed by atoms with van der Waals surface area (Å²) in [4.78, 5) is 0. The Hall–Kier alpha value is -2.07. The monoisotopic (exact) mass is 293 g/mol. The van der Waals surface area contributed by atoms with Gasteiger partial charge in [-0.05, 0) is 41.9 Å². The van der Waals surface area contributed by atoms with Crippen LogP contribution in [-0.2, 0) is 0 Å². The molecule has 1 aromatic heterocycles. The van der Waals surface area contributed by atoms with Crippen molar-refractivity contribution < 1.29 is 0 Å². The van der Waals surface area contributed by atoms with E-state index in [-0.39, 0.29) is 0 Å². The zero-order valence-electron chi connectivity index (χ0n) is 11.5. The Balaban J connectivity index is 2.04. The number of benzene rings is 2. The van der Waals surface area contributed by atoms with E-state index < -0.39 is 0 Å². The molecule has 1 saturated carbocycles. The normalized spacial score (nSPS) is 14.5. The first-order chi connectivity index (χ1) is 10.3. The Morgan fingerprint density at radius 2 is 1.86 bits per heavy atom. The van der Waals surface area contributed by atoms with Crippen molar-refractivity contribution in [1.82, 2.24) is 14.8 Å². The van der Waals surface area contributed by atoms with Crippen LogP contribution in [0.3, 0.4) is 0 Å². The summed E-state index contributed by atoms with van der Waals surface area (Å²) >= 11 is 4.43. The van der Waals surface area contributed by atoms with E-state index in [9.17, 15) is 0 Å². The molecule has 0 radical (unpaired) electrons. The van der Waals surface area contributed by atoms with E-state index in [0.717, 1.165) is 11.6 Å². The van der Waals surface area contributed by atoms with Crippen LogP contribution in [0.4, 0.5) is 0 Å². The van der Waals surface area contributed by atoms with E-state index in [1.165, 1.54) is 29.2 Å². The summed E-state index contributed by atoms with van der Waals surface area (Å²) in [6, 6.07) is 12.9. The van der Waals surface area contributed by atoms with Gasteiger partial charge in [0.05, 0.1) is 5.69 Å². The maximum atomic E-state index is 4.43. The first-order valence-corrected chi connectivity index (χ1v) is 7.53. The molecule has 0 unspecified atom stereocenters. The summed E-state index contributed by atoms with van der Waals surface area (Å²) < 4.78 is 1.94. The highest BCUT2D eigenvalue weighted by molar-refractivity contribution is 7.80. The van der Waals surface area contributed by atoms with Crippen molar-refractivity contribution in [3.05, 3.63) is 54.4 Å². The van der Waals surface area contributed by atoms with Crippen molar-refractivity contribution in [3.63, 3.8) is 0 Å². The van der Waals surface area contributed by atoms with E-state index in [2.05, 4.69) is 65.8 Å². The zero-order chi connectivity index (χ0) is 14.4. The van der Waals surface area contributed by atoms with Crippen molar-refractivity contribution in [2.75, 3.05) is 0 Å². The number of rotatable bonds is 3. The van der Waals surface area contributed by atoms with E-state index in [4.69, 9.17) is 0 Å². The second kappa shape index (κ2) is 4.74. The second-order valence-electron chi connectivity index (χ2n) is 5.39. The van der Waals surface area contributed by atoms with Gasteiger partial charge in [0.25, 0.3) is 0 Å². The smallest absolute Gasteiger partial charge is 0.193 e. The Kier molecular flexibility index (Phi) is 2.86. The molecule has 1 aliphatic rings. The summed E-state index contributed by atoms with van der Waals surface area (Å²) in [5.74, 6) is 1.43.